The second-order valence-corrected chi connectivity index (χ2v) is 44.6. The summed E-state index contributed by atoms with van der Waals surface area (Å²) < 4.78 is 96.4. The van der Waals surface area contributed by atoms with Gasteiger partial charge in [0.05, 0.1) is 99.2 Å². The number of aryl methyl sites for hydroxylation is 2. The molecule has 137 heavy (non-hydrogen) atoms. The molecule has 0 radical (unpaired) electrons. The van der Waals surface area contributed by atoms with Crippen molar-refractivity contribution in [3.8, 4) is 0 Å². The first-order chi connectivity index (χ1) is 64.6. The lowest BCUT2D eigenvalue weighted by Crippen LogP contribution is -2.38. The Bertz CT molecular complexity index is 3730. The number of halogens is 5. The van der Waals surface area contributed by atoms with Gasteiger partial charge in [-0.05, 0) is 199 Å². The molecule has 790 valence electrons. The minimum Gasteiger partial charge on any atom is -0.381 e. The summed E-state index contributed by atoms with van der Waals surface area (Å²) in [6.45, 7) is 63.0. The van der Waals surface area contributed by atoms with E-state index in [1.54, 1.807) is 0 Å². The second-order valence-electron chi connectivity index (χ2n) is 43.2. The van der Waals surface area contributed by atoms with Gasteiger partial charge >= 0.3 is 0 Å². The lowest BCUT2D eigenvalue weighted by molar-refractivity contribution is -0.219. The second kappa shape index (κ2) is 62.2. The van der Waals surface area contributed by atoms with Gasteiger partial charge < -0.3 is 75.8 Å². The van der Waals surface area contributed by atoms with E-state index in [2.05, 4.69) is 241 Å². The molecule has 9 heterocycles. The number of hydrogen-bond donors (Lipinski definition) is 0. The van der Waals surface area contributed by atoms with Crippen LogP contribution in [0.25, 0.3) is 0 Å². The van der Waals surface area contributed by atoms with E-state index in [-0.39, 0.29) is 104 Å². The summed E-state index contributed by atoms with van der Waals surface area (Å²) in [6, 6.07) is 35.7. The molecule has 4 aromatic rings. The minimum absolute atomic E-state index is 0. The number of hydrogen-bond acceptors (Lipinski definition) is 16. The Kier molecular flexibility index (Phi) is 56.9. The molecule has 0 bridgehead atoms. The van der Waals surface area contributed by atoms with Crippen molar-refractivity contribution in [1.29, 1.82) is 0 Å². The third kappa shape index (κ3) is 39.8. The summed E-state index contributed by atoms with van der Waals surface area (Å²) in [7, 11) is 0. The smallest absolute Gasteiger partial charge is 0.173 e. The third-order valence-corrected chi connectivity index (χ3v) is 28.6. The van der Waals surface area contributed by atoms with E-state index in [0.717, 1.165) is 126 Å². The number of alkyl halides is 4. The van der Waals surface area contributed by atoms with Gasteiger partial charge in [-0.2, -0.15) is 0 Å². The molecule has 0 aromatic heterocycles. The van der Waals surface area contributed by atoms with E-state index in [1.165, 1.54) is 105 Å². The van der Waals surface area contributed by atoms with Crippen molar-refractivity contribution in [3.05, 3.63) is 142 Å². The zero-order valence-electron chi connectivity index (χ0n) is 90.1. The van der Waals surface area contributed by atoms with Gasteiger partial charge in [0.2, 0.25) is 0 Å². The first kappa shape index (κ1) is 125. The number of rotatable bonds is 22. The molecular formula is C116H195BrCl4O16. The lowest BCUT2D eigenvalue weighted by atomic mass is 9.94. The molecule has 5 spiro atoms. The quantitative estimate of drug-likeness (QED) is 0.0687. The zero-order valence-corrected chi connectivity index (χ0v) is 94.8. The topological polar surface area (TPSA) is 148 Å². The van der Waals surface area contributed by atoms with Crippen molar-refractivity contribution in [2.45, 2.75) is 500 Å². The molecule has 3 saturated carbocycles. The Morgan fingerprint density at radius 3 is 0.971 bits per heavy atom. The van der Waals surface area contributed by atoms with Crippen LogP contribution in [0.2, 0.25) is 5.02 Å². The van der Waals surface area contributed by atoms with E-state index < -0.39 is 17.4 Å². The Labute approximate surface area is 864 Å². The van der Waals surface area contributed by atoms with Crippen LogP contribution in [0.5, 0.6) is 0 Å². The first-order valence-corrected chi connectivity index (χ1v) is 56.8. The SMILES string of the molecule is C.CBr.CC.CC(C)C1OC(C)(C)OC1c1ccc(Cl)cc1.CC(C)[C@H]1OC(C)(C)O[C@@H]1CCl.CC(C)[C@H]1OC2(CCCCC2)O[C@@H]1CCCCl.CC(C)[C@H]1OC2(CCOCC2)O[C@@H]1CCl.CC(C)c1ccccc1.CCCC[C@H]1OC2(CCCC2)O[C@@H]1C(C)C.CCCC[C@H]1OC2(CCOCC2)O[C@@H]1C(C)C.Cc1ccc([C@H]2OC3(CCCC3)O[C@@H]2C(C)C)cc1.Cc1cccc(C(C)C)c1. The summed E-state index contributed by atoms with van der Waals surface area (Å²) in [6.07, 6.45) is 30.4. The van der Waals surface area contributed by atoms with E-state index in [9.17, 15) is 0 Å². The number of benzene rings is 4. The Balaban J connectivity index is 0.000000272. The van der Waals surface area contributed by atoms with Crippen LogP contribution in [-0.2, 0) is 75.8 Å². The summed E-state index contributed by atoms with van der Waals surface area (Å²) in [5, 5.41) is 0.744. The van der Waals surface area contributed by atoms with Crippen LogP contribution >= 0.6 is 62.3 Å². The third-order valence-electron chi connectivity index (χ3n) is 27.5. The molecule has 16 rings (SSSR count). The highest BCUT2D eigenvalue weighted by molar-refractivity contribution is 9.08. The van der Waals surface area contributed by atoms with Gasteiger partial charge in [-0.1, -0.05) is 322 Å². The Morgan fingerprint density at radius 2 is 0.628 bits per heavy atom. The van der Waals surface area contributed by atoms with Crippen LogP contribution in [0.1, 0.15) is 405 Å². The molecular weight excluding hydrogens is 1870 g/mol. The van der Waals surface area contributed by atoms with Crippen LogP contribution in [0.4, 0.5) is 0 Å². The summed E-state index contributed by atoms with van der Waals surface area (Å²) >= 11 is 26.3. The van der Waals surface area contributed by atoms with E-state index in [4.69, 9.17) is 122 Å². The molecule has 9 aliphatic heterocycles. The van der Waals surface area contributed by atoms with Crippen molar-refractivity contribution in [2.24, 2.45) is 41.4 Å². The maximum atomic E-state index is 6.39. The lowest BCUT2D eigenvalue weighted by Gasteiger charge is -2.32. The molecule has 0 N–H and O–H groups in total. The van der Waals surface area contributed by atoms with Crippen molar-refractivity contribution in [1.82, 2.24) is 0 Å². The van der Waals surface area contributed by atoms with Crippen LogP contribution in [-0.4, -0.2) is 164 Å². The summed E-state index contributed by atoms with van der Waals surface area (Å²) in [5.41, 5.74) is 7.87. The summed E-state index contributed by atoms with van der Waals surface area (Å²) in [5.74, 6) is 5.83. The summed E-state index contributed by atoms with van der Waals surface area (Å²) in [4.78, 5) is 0. The molecule has 3 aliphatic carbocycles. The van der Waals surface area contributed by atoms with Crippen LogP contribution in [0.3, 0.4) is 0 Å². The highest BCUT2D eigenvalue weighted by atomic mass is 79.9. The predicted octanol–water partition coefficient (Wildman–Crippen LogP) is 32.9. The van der Waals surface area contributed by atoms with Gasteiger partial charge in [0.25, 0.3) is 0 Å². The van der Waals surface area contributed by atoms with Gasteiger partial charge in [0.15, 0.2) is 40.5 Å². The average Bonchev–Trinajstić information content (AvgIpc) is 1.61. The van der Waals surface area contributed by atoms with E-state index in [0.29, 0.717) is 77.2 Å². The van der Waals surface area contributed by atoms with Crippen molar-refractivity contribution < 1.29 is 75.8 Å². The maximum absolute atomic E-state index is 6.39. The highest BCUT2D eigenvalue weighted by Crippen LogP contribution is 2.51. The number of ether oxygens (including phenoxy) is 16. The molecule has 14 atom stereocenters. The van der Waals surface area contributed by atoms with Gasteiger partial charge in [-0.3, -0.25) is 0 Å². The minimum atomic E-state index is -0.515. The fourth-order valence-electron chi connectivity index (χ4n) is 20.1. The van der Waals surface area contributed by atoms with Crippen molar-refractivity contribution >= 4 is 62.3 Å². The fraction of sp³-hybridized carbons (Fsp3) is 0.793. The van der Waals surface area contributed by atoms with Crippen molar-refractivity contribution in [3.63, 3.8) is 0 Å². The molecule has 16 nitrogen and oxygen atoms in total. The molecule has 4 aromatic carbocycles. The van der Waals surface area contributed by atoms with Gasteiger partial charge in [0, 0.05) is 75.1 Å². The molecule has 21 heteroatoms. The van der Waals surface area contributed by atoms with E-state index in [1.807, 2.05) is 77.7 Å². The molecule has 12 fully saturated rings. The van der Waals surface area contributed by atoms with Gasteiger partial charge in [0.1, 0.15) is 24.4 Å². The molecule has 2 unspecified atom stereocenters. The number of unbranched alkanes of at least 4 members (excludes halogenated alkanes) is 2. The van der Waals surface area contributed by atoms with Crippen molar-refractivity contribution in [2.75, 3.05) is 49.9 Å². The van der Waals surface area contributed by atoms with Crippen LogP contribution in [0, 0.1) is 55.3 Å². The average molecular weight is 2070 g/mol. The van der Waals surface area contributed by atoms with Crippen LogP contribution in [0.15, 0.2) is 103 Å². The maximum Gasteiger partial charge on any atom is 0.173 e. The van der Waals surface area contributed by atoms with E-state index >= 15 is 0 Å². The van der Waals surface area contributed by atoms with Gasteiger partial charge in [-0.25, -0.2) is 0 Å². The molecule has 0 amide bonds. The first-order valence-electron chi connectivity index (χ1n) is 53.3. The Morgan fingerprint density at radius 1 is 0.321 bits per heavy atom. The monoisotopic (exact) mass is 2060 g/mol. The normalized spacial score (nSPS) is 27.8. The predicted molar refractivity (Wildman–Crippen MR) is 574 cm³/mol. The highest BCUT2D eigenvalue weighted by Gasteiger charge is 2.55. The molecule has 12 aliphatic rings. The zero-order chi connectivity index (χ0) is 101. The van der Waals surface area contributed by atoms with Gasteiger partial charge in [-0.15, -0.1) is 34.8 Å². The largest absolute Gasteiger partial charge is 0.381 e. The van der Waals surface area contributed by atoms with Crippen LogP contribution < -0.4 is 0 Å². The standard InChI is InChI=1S/C17H24O2.C14H19ClO2.C14H25ClO2.C14H26O3.C14H26O2.C11H19ClO3.C10H14.C9H17ClO2.C9H12.C2H6.CH3Br.CH4/c1-12(2)15-16(14-8-6-13(3)7-9-14)19-17(18-15)10-4-5-11-17;1-9(2)12-13(17-14(3,4)16-12)10-5-7-11(15)8-6-10;1-11(2)13-12(7-6-10-15)16-14(17-13)8-4-3-5-9-14;1-4-5-6-12-13(11(2)3)17-14(16-12)7-9-15-10-8-14;1-4-5-8-12-13(11(2)3)16-14(15-12)9-6-7-10-14;1-8(2)10-9(7-12)14-11(15-10)3-5-13-6-4-11;1-8(2)10-6-4-5-9(3)7-10;1-6(2)8-7(5-10)11-9(3,4)12-8;1-8(2)9-6-4-3-5-7-9;2*1-2;/h6-9,12,15-16H,4-5,10-11H2,1-3H3;5-9,12-13H,1-4H3;11-13H,3-10H2,1-2H3;11-13H,4-10H2,1-3H3;11-13H,4-10H2,1-3H3;8-10H,3-7H2,1-2H3;4-8H,1-3H3;6-8H,5H2,1-4H3;3-8H,1-2H3;1-2H3;1H3;1H4/t15-,16-;;3*12-,13-;9-,10-;;7-,8-;;;;/m1.1111.1..../s1. The fourth-order valence-corrected chi connectivity index (χ4v) is 20.9. The Hall–Kier alpha value is -2.12. The molecule has 9 saturated heterocycles.